The van der Waals surface area contributed by atoms with Gasteiger partial charge in [-0.15, -0.1) is 0 Å². The number of unbranched alkanes of at least 4 members (excludes halogenated alkanes) is 2. The number of carboxylic acid groups (broad SMARTS) is 1. The van der Waals surface area contributed by atoms with Gasteiger partial charge in [0, 0.05) is 66.4 Å². The van der Waals surface area contributed by atoms with Crippen LogP contribution in [0.2, 0.25) is 0 Å². The van der Waals surface area contributed by atoms with Crippen LogP contribution in [0.25, 0.3) is 0 Å². The first-order chi connectivity index (χ1) is 31.6. The van der Waals surface area contributed by atoms with Crippen LogP contribution in [0.15, 0.2) is 36.4 Å². The molecular formula is C50H78N6O11. The summed E-state index contributed by atoms with van der Waals surface area (Å²) in [5.74, 6) is -5.24. The van der Waals surface area contributed by atoms with Crippen LogP contribution >= 0.6 is 0 Å². The standard InChI is InChI=1S/C50H78N6O11/c1-13-33(7)45(54(10)49(63)43(30(2)3)52-48(62)44(31(4)5)53(9)39(57)19-15-14-16-26-56-40(58)24-25-41(56)59)38(66-11)29-42(60)55-27-17-18-37(55)46(67-12)34(8)47(61)51-36(50(64)65)28-35-22-20-32(6)21-23-35/h20-25,30-31,33-34,36-38,43-46H,13-19,26-29H2,1-12H3,(H,51,61)(H,52,62)(H,64,65)/t33-,34+,36?,37?,38+,43?,44?,45-,46+/m0/s1. The van der Waals surface area contributed by atoms with E-state index in [1.807, 2.05) is 72.7 Å². The van der Waals surface area contributed by atoms with Gasteiger partial charge in [0.15, 0.2) is 0 Å². The molecule has 2 aliphatic heterocycles. The SMILES string of the molecule is CC[C@H](C)[C@@H]([C@@H](CC(=O)N1CCCC1[C@H](OC)[C@@H](C)C(=O)NC(Cc1ccc(C)cc1)C(=O)O)OC)N(C)C(=O)C(NC(=O)C(C(C)C)N(C)C(=O)CCCCCN1C(=O)C=CC1=O)C(C)C. The zero-order valence-electron chi connectivity index (χ0n) is 41.9. The van der Waals surface area contributed by atoms with Crippen LogP contribution in [0, 0.1) is 30.6 Å². The smallest absolute Gasteiger partial charge is 0.326 e. The highest BCUT2D eigenvalue weighted by Crippen LogP contribution is 2.30. The molecule has 374 valence electrons. The summed E-state index contributed by atoms with van der Waals surface area (Å²) >= 11 is 0. The number of aliphatic carboxylic acids is 1. The molecule has 3 rings (SSSR count). The van der Waals surface area contributed by atoms with E-state index < -0.39 is 66.1 Å². The van der Waals surface area contributed by atoms with Crippen molar-refractivity contribution in [1.82, 2.24) is 30.2 Å². The predicted molar refractivity (Wildman–Crippen MR) is 253 cm³/mol. The fourth-order valence-corrected chi connectivity index (χ4v) is 9.37. The molecular weight excluding hydrogens is 861 g/mol. The third-order valence-corrected chi connectivity index (χ3v) is 13.5. The average molecular weight is 939 g/mol. The Morgan fingerprint density at radius 2 is 1.46 bits per heavy atom. The molecule has 17 nitrogen and oxygen atoms in total. The number of benzene rings is 1. The molecule has 0 aliphatic carbocycles. The van der Waals surface area contributed by atoms with Gasteiger partial charge in [-0.3, -0.25) is 38.5 Å². The summed E-state index contributed by atoms with van der Waals surface area (Å²) in [6.07, 6.45) is 4.71. The molecule has 2 aliphatic rings. The van der Waals surface area contributed by atoms with Crippen LogP contribution < -0.4 is 10.6 Å². The Morgan fingerprint density at radius 3 is 2.00 bits per heavy atom. The normalized spacial score (nSPS) is 18.6. The molecule has 0 aromatic heterocycles. The van der Waals surface area contributed by atoms with E-state index in [2.05, 4.69) is 10.6 Å². The lowest BCUT2D eigenvalue weighted by atomic mass is 9.89. The Kier molecular flexibility index (Phi) is 22.1. The number of imide groups is 1. The van der Waals surface area contributed by atoms with Crippen molar-refractivity contribution in [3.05, 3.63) is 47.5 Å². The number of nitrogens with zero attached hydrogens (tertiary/aromatic N) is 4. The summed E-state index contributed by atoms with van der Waals surface area (Å²) in [4.78, 5) is 112. The van der Waals surface area contributed by atoms with E-state index in [4.69, 9.17) is 9.47 Å². The molecule has 3 N–H and O–H groups in total. The van der Waals surface area contributed by atoms with Crippen molar-refractivity contribution < 1.29 is 52.9 Å². The molecule has 1 saturated heterocycles. The Labute approximate surface area is 397 Å². The van der Waals surface area contributed by atoms with Gasteiger partial charge in [-0.05, 0) is 55.9 Å². The van der Waals surface area contributed by atoms with Gasteiger partial charge >= 0.3 is 5.97 Å². The average Bonchev–Trinajstić information content (AvgIpc) is 3.90. The molecule has 0 saturated carbocycles. The maximum absolute atomic E-state index is 14.6. The number of nitrogens with one attached hydrogen (secondary N) is 2. The van der Waals surface area contributed by atoms with Crippen LogP contribution in [0.1, 0.15) is 111 Å². The number of aryl methyl sites for hydroxylation is 1. The van der Waals surface area contributed by atoms with E-state index >= 15 is 0 Å². The third-order valence-electron chi connectivity index (χ3n) is 13.5. The zero-order chi connectivity index (χ0) is 50.3. The maximum Gasteiger partial charge on any atom is 0.326 e. The number of likely N-dealkylation sites (N-methyl/N-ethyl adjacent to an activating group) is 2. The van der Waals surface area contributed by atoms with Crippen molar-refractivity contribution in [1.29, 1.82) is 0 Å². The molecule has 1 aromatic carbocycles. The lowest BCUT2D eigenvalue weighted by Crippen LogP contribution is -2.60. The largest absolute Gasteiger partial charge is 0.480 e. The van der Waals surface area contributed by atoms with E-state index in [-0.39, 0.29) is 73.1 Å². The number of carbonyl (C=O) groups is 8. The second-order valence-corrected chi connectivity index (χ2v) is 19.1. The number of amides is 7. The van der Waals surface area contributed by atoms with E-state index in [1.54, 1.807) is 30.8 Å². The molecule has 1 aromatic rings. The van der Waals surface area contributed by atoms with E-state index in [0.717, 1.165) is 11.1 Å². The predicted octanol–water partition coefficient (Wildman–Crippen LogP) is 4.14. The summed E-state index contributed by atoms with van der Waals surface area (Å²) in [6, 6.07) is 3.37. The Morgan fingerprint density at radius 1 is 0.836 bits per heavy atom. The Bertz CT molecular complexity index is 1890. The van der Waals surface area contributed by atoms with E-state index in [1.165, 1.54) is 36.2 Å². The highest BCUT2D eigenvalue weighted by atomic mass is 16.5. The number of hydrogen-bond acceptors (Lipinski definition) is 10. The number of methoxy groups -OCH3 is 2. The lowest BCUT2D eigenvalue weighted by Gasteiger charge is -2.41. The molecule has 0 radical (unpaired) electrons. The highest BCUT2D eigenvalue weighted by molar-refractivity contribution is 6.12. The number of ether oxygens (including phenoxy) is 2. The number of rotatable bonds is 27. The Balaban J connectivity index is 1.71. The first-order valence-electron chi connectivity index (χ1n) is 23.9. The fraction of sp³-hybridized carbons (Fsp3) is 0.680. The van der Waals surface area contributed by atoms with Crippen LogP contribution in [0.3, 0.4) is 0 Å². The van der Waals surface area contributed by atoms with Gasteiger partial charge < -0.3 is 39.9 Å². The number of hydrogen-bond donors (Lipinski definition) is 3. The summed E-state index contributed by atoms with van der Waals surface area (Å²) in [7, 11) is 6.21. The van der Waals surface area contributed by atoms with E-state index in [0.29, 0.717) is 45.1 Å². The van der Waals surface area contributed by atoms with Gasteiger partial charge in [-0.25, -0.2) is 4.79 Å². The van der Waals surface area contributed by atoms with Crippen molar-refractivity contribution in [3.63, 3.8) is 0 Å². The second kappa shape index (κ2) is 26.4. The highest BCUT2D eigenvalue weighted by Gasteiger charge is 2.44. The van der Waals surface area contributed by atoms with Gasteiger partial charge in [-0.2, -0.15) is 0 Å². The Hall–Kier alpha value is -5.16. The van der Waals surface area contributed by atoms with Crippen LogP contribution in [0.4, 0.5) is 0 Å². The van der Waals surface area contributed by atoms with E-state index in [9.17, 15) is 43.5 Å². The molecule has 7 amide bonds. The van der Waals surface area contributed by atoms with Crippen LogP contribution in [-0.2, 0) is 54.3 Å². The second-order valence-electron chi connectivity index (χ2n) is 19.1. The topological polar surface area (TPSA) is 212 Å². The molecule has 0 bridgehead atoms. The molecule has 9 atom stereocenters. The molecule has 4 unspecified atom stereocenters. The summed E-state index contributed by atoms with van der Waals surface area (Å²) in [6.45, 7) is 15.6. The number of carbonyl (C=O) groups excluding carboxylic acids is 7. The molecule has 67 heavy (non-hydrogen) atoms. The monoisotopic (exact) mass is 939 g/mol. The summed E-state index contributed by atoms with van der Waals surface area (Å²) < 4.78 is 11.9. The van der Waals surface area contributed by atoms with Gasteiger partial charge in [0.2, 0.25) is 29.5 Å². The summed E-state index contributed by atoms with van der Waals surface area (Å²) in [5.41, 5.74) is 1.80. The van der Waals surface area contributed by atoms with Gasteiger partial charge in [0.25, 0.3) is 11.8 Å². The first-order valence-corrected chi connectivity index (χ1v) is 23.9. The molecule has 2 heterocycles. The van der Waals surface area contributed by atoms with Gasteiger partial charge in [0.1, 0.15) is 18.1 Å². The van der Waals surface area contributed by atoms with Crippen molar-refractivity contribution in [3.8, 4) is 0 Å². The number of carboxylic acids is 1. The fourth-order valence-electron chi connectivity index (χ4n) is 9.37. The summed E-state index contributed by atoms with van der Waals surface area (Å²) in [5, 5.41) is 15.6. The van der Waals surface area contributed by atoms with Crippen molar-refractivity contribution >= 4 is 47.3 Å². The minimum atomic E-state index is -1.16. The lowest BCUT2D eigenvalue weighted by molar-refractivity contribution is -0.149. The zero-order valence-corrected chi connectivity index (χ0v) is 41.9. The van der Waals surface area contributed by atoms with Crippen molar-refractivity contribution in [2.24, 2.45) is 23.7 Å². The minimum absolute atomic E-state index is 0.0823. The van der Waals surface area contributed by atoms with Gasteiger partial charge in [0.05, 0.1) is 36.6 Å². The maximum atomic E-state index is 14.6. The first kappa shape index (κ1) is 56.2. The van der Waals surface area contributed by atoms with Crippen LogP contribution in [0.5, 0.6) is 0 Å². The third kappa shape index (κ3) is 15.2. The van der Waals surface area contributed by atoms with Crippen LogP contribution in [-0.4, -0.2) is 156 Å². The molecule has 0 spiro atoms. The van der Waals surface area contributed by atoms with Crippen molar-refractivity contribution in [2.75, 3.05) is 41.4 Å². The number of likely N-dealkylation sites (tertiary alicyclic amines) is 1. The van der Waals surface area contributed by atoms with Crippen molar-refractivity contribution in [2.45, 2.75) is 156 Å². The van der Waals surface area contributed by atoms with Gasteiger partial charge in [-0.1, -0.05) is 91.1 Å². The molecule has 1 fully saturated rings. The quantitative estimate of drug-likeness (QED) is 0.0843. The minimum Gasteiger partial charge on any atom is -0.480 e. The molecule has 17 heteroatoms.